The van der Waals surface area contributed by atoms with Crippen molar-refractivity contribution in [2.45, 2.75) is 23.7 Å². The minimum atomic E-state index is -3.88. The first-order valence-electron chi connectivity index (χ1n) is 9.19. The molecule has 2 heterocycles. The Labute approximate surface area is 177 Å². The molecule has 0 saturated carbocycles. The average molecular weight is 449 g/mol. The summed E-state index contributed by atoms with van der Waals surface area (Å²) in [7, 11) is -3.88. The first kappa shape index (κ1) is 20.5. The number of aromatic nitrogens is 2. The van der Waals surface area contributed by atoms with E-state index in [9.17, 15) is 18.5 Å². The molecule has 1 fully saturated rings. The van der Waals surface area contributed by atoms with Gasteiger partial charge in [0.1, 0.15) is 0 Å². The third kappa shape index (κ3) is 4.07. The maximum atomic E-state index is 13.0. The van der Waals surface area contributed by atoms with Gasteiger partial charge >= 0.3 is 0 Å². The number of nitrogens with zero attached hydrogens (tertiary/aromatic N) is 4. The summed E-state index contributed by atoms with van der Waals surface area (Å²) in [6.07, 6.45) is 1.31. The molecular weight excluding hydrogens is 432 g/mol. The van der Waals surface area contributed by atoms with Crippen LogP contribution in [0.15, 0.2) is 57.9 Å². The molecule has 4 rings (SSSR count). The molecule has 0 radical (unpaired) electrons. The number of nitro groups is 1. The van der Waals surface area contributed by atoms with Crippen molar-refractivity contribution < 1.29 is 17.9 Å². The molecule has 30 heavy (non-hydrogen) atoms. The second-order valence-electron chi connectivity index (χ2n) is 6.92. The van der Waals surface area contributed by atoms with Crippen LogP contribution in [-0.4, -0.2) is 40.9 Å². The molecule has 0 N–H and O–H groups in total. The van der Waals surface area contributed by atoms with Gasteiger partial charge in [-0.05, 0) is 43.2 Å². The number of sulfonamides is 1. The zero-order valence-corrected chi connectivity index (χ0v) is 17.2. The maximum absolute atomic E-state index is 13.0. The second-order valence-corrected chi connectivity index (χ2v) is 9.29. The van der Waals surface area contributed by atoms with Crippen molar-refractivity contribution in [3.8, 4) is 11.4 Å². The third-order valence-corrected chi connectivity index (χ3v) is 7.06. The Morgan fingerprint density at radius 3 is 2.70 bits per heavy atom. The zero-order chi connectivity index (χ0) is 21.3. The van der Waals surface area contributed by atoms with Crippen molar-refractivity contribution in [2.75, 3.05) is 13.1 Å². The third-order valence-electron chi connectivity index (χ3n) is 4.94. The number of nitro benzene ring substituents is 1. The lowest BCUT2D eigenvalue weighted by Gasteiger charge is -2.30. The quantitative estimate of drug-likeness (QED) is 0.429. The van der Waals surface area contributed by atoms with E-state index in [-0.39, 0.29) is 23.0 Å². The molecule has 9 nitrogen and oxygen atoms in total. The number of hydrogen-bond donors (Lipinski definition) is 0. The van der Waals surface area contributed by atoms with Crippen molar-refractivity contribution >= 4 is 27.3 Å². The fraction of sp³-hybridized carbons (Fsp3) is 0.263. The Morgan fingerprint density at radius 2 is 1.97 bits per heavy atom. The maximum Gasteiger partial charge on any atom is 0.270 e. The summed E-state index contributed by atoms with van der Waals surface area (Å²) in [4.78, 5) is 14.7. The highest BCUT2D eigenvalue weighted by Gasteiger charge is 2.34. The Hall–Kier alpha value is -2.82. The summed E-state index contributed by atoms with van der Waals surface area (Å²) in [5, 5.41) is 15.6. The predicted molar refractivity (Wildman–Crippen MR) is 109 cm³/mol. The van der Waals surface area contributed by atoms with Crippen LogP contribution in [0.5, 0.6) is 0 Å². The molecule has 0 amide bonds. The molecule has 1 aliphatic heterocycles. The minimum Gasteiger partial charge on any atom is -0.339 e. The second kappa shape index (κ2) is 8.13. The predicted octanol–water partition coefficient (Wildman–Crippen LogP) is 3.87. The van der Waals surface area contributed by atoms with Crippen LogP contribution in [-0.2, 0) is 10.0 Å². The summed E-state index contributed by atoms with van der Waals surface area (Å²) in [5.41, 5.74) is 0.473. The summed E-state index contributed by atoms with van der Waals surface area (Å²) in [5.74, 6) is 0.500. The number of rotatable bonds is 5. The lowest BCUT2D eigenvalue weighted by atomic mass is 10.00. The number of benzene rings is 2. The van der Waals surface area contributed by atoms with Gasteiger partial charge in [-0.25, -0.2) is 8.42 Å². The smallest absolute Gasteiger partial charge is 0.270 e. The van der Waals surface area contributed by atoms with E-state index in [2.05, 4.69) is 10.1 Å². The normalized spacial score (nSPS) is 17.7. The van der Waals surface area contributed by atoms with Crippen molar-refractivity contribution in [2.24, 2.45) is 0 Å². The van der Waals surface area contributed by atoms with Crippen molar-refractivity contribution in [3.05, 3.63) is 69.6 Å². The summed E-state index contributed by atoms with van der Waals surface area (Å²) >= 11 is 5.90. The molecule has 3 aromatic rings. The van der Waals surface area contributed by atoms with Crippen LogP contribution >= 0.6 is 11.6 Å². The van der Waals surface area contributed by atoms with Crippen molar-refractivity contribution in [1.29, 1.82) is 0 Å². The fourth-order valence-electron chi connectivity index (χ4n) is 3.39. The molecule has 156 valence electrons. The SMILES string of the molecule is O=[N+]([O-])c1cccc(S(=O)(=O)N2CCCC(c3nc(-c4ccc(Cl)cc4)no3)C2)c1. The molecule has 2 aromatic carbocycles. The largest absolute Gasteiger partial charge is 0.339 e. The van der Waals surface area contributed by atoms with E-state index < -0.39 is 14.9 Å². The van der Waals surface area contributed by atoms with E-state index in [1.54, 1.807) is 24.3 Å². The Morgan fingerprint density at radius 1 is 1.20 bits per heavy atom. The van der Waals surface area contributed by atoms with Crippen LogP contribution in [0, 0.1) is 10.1 Å². The monoisotopic (exact) mass is 448 g/mol. The van der Waals surface area contributed by atoms with Gasteiger partial charge in [0.05, 0.1) is 15.7 Å². The van der Waals surface area contributed by atoms with Gasteiger partial charge in [0.2, 0.25) is 21.7 Å². The molecule has 1 aliphatic rings. The van der Waals surface area contributed by atoms with E-state index in [0.717, 1.165) is 11.6 Å². The van der Waals surface area contributed by atoms with Crippen molar-refractivity contribution in [3.63, 3.8) is 0 Å². The van der Waals surface area contributed by atoms with Crippen LogP contribution in [0.25, 0.3) is 11.4 Å². The van der Waals surface area contributed by atoms with Gasteiger partial charge in [-0.1, -0.05) is 22.8 Å². The molecule has 0 aliphatic carbocycles. The van der Waals surface area contributed by atoms with Crippen LogP contribution in [0.4, 0.5) is 5.69 Å². The highest BCUT2D eigenvalue weighted by Crippen LogP contribution is 2.31. The highest BCUT2D eigenvalue weighted by molar-refractivity contribution is 7.89. The average Bonchev–Trinajstić information content (AvgIpc) is 3.25. The van der Waals surface area contributed by atoms with Crippen LogP contribution in [0.1, 0.15) is 24.7 Å². The van der Waals surface area contributed by atoms with E-state index >= 15 is 0 Å². The van der Waals surface area contributed by atoms with E-state index in [1.807, 2.05) is 0 Å². The van der Waals surface area contributed by atoms with Gasteiger partial charge in [-0.3, -0.25) is 10.1 Å². The Balaban J connectivity index is 1.55. The van der Waals surface area contributed by atoms with Gasteiger partial charge in [-0.2, -0.15) is 9.29 Å². The van der Waals surface area contributed by atoms with Gasteiger partial charge in [-0.15, -0.1) is 0 Å². The van der Waals surface area contributed by atoms with Crippen molar-refractivity contribution in [1.82, 2.24) is 14.4 Å². The lowest BCUT2D eigenvalue weighted by Crippen LogP contribution is -2.39. The van der Waals surface area contributed by atoms with Gasteiger partial charge in [0.15, 0.2) is 0 Å². The van der Waals surface area contributed by atoms with E-state index in [0.29, 0.717) is 36.1 Å². The topological polar surface area (TPSA) is 119 Å². The van der Waals surface area contributed by atoms with Gasteiger partial charge in [0, 0.05) is 35.8 Å². The first-order valence-corrected chi connectivity index (χ1v) is 11.0. The summed E-state index contributed by atoms with van der Waals surface area (Å²) in [6.45, 7) is 0.479. The standard InChI is InChI=1S/C19H17ClN4O5S/c20-15-8-6-13(7-9-15)18-21-19(29-22-18)14-3-2-10-23(12-14)30(27,28)17-5-1-4-16(11-17)24(25)26/h1,4-9,11,14H,2-3,10,12H2. The molecule has 0 spiro atoms. The van der Waals surface area contributed by atoms with Gasteiger partial charge < -0.3 is 4.52 Å². The summed E-state index contributed by atoms with van der Waals surface area (Å²) in [6, 6.07) is 12.1. The molecule has 1 saturated heterocycles. The van der Waals surface area contributed by atoms with Gasteiger partial charge in [0.25, 0.3) is 5.69 Å². The molecular formula is C19H17ClN4O5S. The van der Waals surface area contributed by atoms with Crippen LogP contribution < -0.4 is 0 Å². The first-order chi connectivity index (χ1) is 14.3. The highest BCUT2D eigenvalue weighted by atomic mass is 35.5. The Bertz CT molecular complexity index is 1180. The minimum absolute atomic E-state index is 0.107. The number of non-ortho nitro benzene ring substituents is 1. The zero-order valence-electron chi connectivity index (χ0n) is 15.6. The van der Waals surface area contributed by atoms with E-state index in [4.69, 9.17) is 16.1 Å². The summed E-state index contributed by atoms with van der Waals surface area (Å²) < 4.78 is 32.8. The molecule has 1 aromatic heterocycles. The molecule has 1 atom stereocenters. The van der Waals surface area contributed by atoms with Crippen LogP contribution in [0.2, 0.25) is 5.02 Å². The number of hydrogen-bond acceptors (Lipinski definition) is 7. The van der Waals surface area contributed by atoms with E-state index in [1.165, 1.54) is 22.5 Å². The van der Waals surface area contributed by atoms with Crippen LogP contribution in [0.3, 0.4) is 0 Å². The number of piperidine rings is 1. The number of halogens is 1. The molecule has 1 unspecified atom stereocenters. The Kier molecular flexibility index (Phi) is 5.54. The lowest BCUT2D eigenvalue weighted by molar-refractivity contribution is -0.385. The molecule has 0 bridgehead atoms. The fourth-order valence-corrected chi connectivity index (χ4v) is 5.08. The molecule has 11 heteroatoms.